The van der Waals surface area contributed by atoms with E-state index >= 15 is 0 Å². The van der Waals surface area contributed by atoms with Crippen LogP contribution in [-0.2, 0) is 0 Å². The van der Waals surface area contributed by atoms with E-state index in [0.717, 1.165) is 5.92 Å². The van der Waals surface area contributed by atoms with Crippen molar-refractivity contribution in [3.8, 4) is 11.1 Å². The first kappa shape index (κ1) is 24.6. The van der Waals surface area contributed by atoms with Gasteiger partial charge in [0.05, 0.1) is 0 Å². The van der Waals surface area contributed by atoms with Crippen LogP contribution in [0.5, 0.6) is 0 Å². The smallest absolute Gasteiger partial charge is 0.0353 e. The summed E-state index contributed by atoms with van der Waals surface area (Å²) in [5.74, 6) is 0.728. The number of benzene rings is 6. The van der Waals surface area contributed by atoms with Crippen molar-refractivity contribution in [1.82, 2.24) is 4.98 Å². The van der Waals surface area contributed by atoms with Gasteiger partial charge in [0.25, 0.3) is 0 Å². The summed E-state index contributed by atoms with van der Waals surface area (Å²) in [7, 11) is 0. The molecule has 0 aliphatic heterocycles. The van der Waals surface area contributed by atoms with Crippen molar-refractivity contribution >= 4 is 54.9 Å². The molecular weight excluding hydrogens is 515 g/mol. The van der Waals surface area contributed by atoms with Crippen LogP contribution in [0.1, 0.15) is 43.6 Å². The van der Waals surface area contributed by atoms with Gasteiger partial charge in [-0.3, -0.25) is 4.98 Å². The van der Waals surface area contributed by atoms with Gasteiger partial charge in [-0.25, -0.2) is 0 Å². The Hall–Kier alpha value is -4.14. The summed E-state index contributed by atoms with van der Waals surface area (Å²) in [5, 5.41) is 10.1. The second-order valence-corrected chi connectivity index (χ2v) is 12.5. The van der Waals surface area contributed by atoms with E-state index in [1.165, 1.54) is 102 Å². The number of pyridine rings is 1. The number of rotatable bonds is 4. The third-order valence-electron chi connectivity index (χ3n) is 8.99. The molecule has 1 nitrogen and oxygen atoms in total. The number of hydrogen-bond acceptors (Lipinski definition) is 2. The molecule has 0 saturated heterocycles. The van der Waals surface area contributed by atoms with Gasteiger partial charge < -0.3 is 0 Å². The predicted molar refractivity (Wildman–Crippen MR) is 176 cm³/mol. The zero-order chi connectivity index (χ0) is 27.2. The zero-order valence-electron chi connectivity index (χ0n) is 23.0. The maximum atomic E-state index is 4.65. The Balaban J connectivity index is 1.34. The summed E-state index contributed by atoms with van der Waals surface area (Å²) in [6, 6.07) is 40.5. The van der Waals surface area contributed by atoms with Crippen LogP contribution < -0.4 is 0 Å². The van der Waals surface area contributed by atoms with Crippen molar-refractivity contribution in [2.24, 2.45) is 0 Å². The number of nitrogens with zero attached hydrogens (tertiary/aromatic N) is 1. The summed E-state index contributed by atoms with van der Waals surface area (Å²) in [5.41, 5.74) is 4.04. The van der Waals surface area contributed by atoms with Crippen molar-refractivity contribution in [2.45, 2.75) is 47.8 Å². The van der Waals surface area contributed by atoms with E-state index in [1.807, 2.05) is 18.0 Å². The van der Waals surface area contributed by atoms with Crippen LogP contribution >= 0.6 is 11.8 Å². The van der Waals surface area contributed by atoms with Crippen molar-refractivity contribution in [1.29, 1.82) is 0 Å². The first-order valence-electron chi connectivity index (χ1n) is 14.8. The van der Waals surface area contributed by atoms with Gasteiger partial charge in [-0.15, -0.1) is 0 Å². The zero-order valence-corrected chi connectivity index (χ0v) is 23.8. The van der Waals surface area contributed by atoms with Gasteiger partial charge >= 0.3 is 0 Å². The fourth-order valence-corrected chi connectivity index (χ4v) is 8.09. The van der Waals surface area contributed by atoms with E-state index in [1.54, 1.807) is 0 Å². The first-order valence-corrected chi connectivity index (χ1v) is 15.6. The SMILES string of the molecule is c1ccc2c(c1)cc(-c1c3ccccc3c(Sc3ccc(C4CCCCC4)cc3)c3ccncc13)c1ccccc12. The van der Waals surface area contributed by atoms with Gasteiger partial charge in [-0.2, -0.15) is 0 Å². The largest absolute Gasteiger partial charge is 0.264 e. The molecule has 0 amide bonds. The highest BCUT2D eigenvalue weighted by Gasteiger charge is 2.20. The molecular formula is C39H31NS. The monoisotopic (exact) mass is 545 g/mol. The van der Waals surface area contributed by atoms with E-state index < -0.39 is 0 Å². The Labute approximate surface area is 245 Å². The van der Waals surface area contributed by atoms with Crippen LogP contribution in [-0.4, -0.2) is 4.98 Å². The minimum Gasteiger partial charge on any atom is -0.264 e. The van der Waals surface area contributed by atoms with Crippen LogP contribution in [0.15, 0.2) is 131 Å². The number of aromatic nitrogens is 1. The Morgan fingerprint density at radius 2 is 1.22 bits per heavy atom. The molecule has 0 radical (unpaired) electrons. The fourth-order valence-electron chi connectivity index (χ4n) is 7.00. The number of hydrogen-bond donors (Lipinski definition) is 0. The Bertz CT molecular complexity index is 1990. The molecule has 1 fully saturated rings. The normalized spacial score (nSPS) is 14.3. The molecule has 0 N–H and O–H groups in total. The molecule has 8 rings (SSSR count). The molecule has 2 heteroatoms. The molecule has 1 aliphatic rings. The molecule has 0 bridgehead atoms. The second-order valence-electron chi connectivity index (χ2n) is 11.4. The lowest BCUT2D eigenvalue weighted by atomic mass is 9.84. The standard InChI is InChI=1S/C39H31NS/c1-2-10-26(11-3-1)27-18-20-29(21-19-27)41-39-34-17-9-8-16-33(34)38(37-25-40-23-22-35(37)39)36-24-28-12-4-5-13-30(28)31-14-6-7-15-32(31)36/h4-9,12-26H,1-3,10-11H2. The topological polar surface area (TPSA) is 12.9 Å². The van der Waals surface area contributed by atoms with Gasteiger partial charge in [0.15, 0.2) is 0 Å². The molecule has 1 heterocycles. The Morgan fingerprint density at radius 1 is 0.561 bits per heavy atom. The van der Waals surface area contributed by atoms with Crippen LogP contribution in [0.2, 0.25) is 0 Å². The van der Waals surface area contributed by atoms with Crippen LogP contribution in [0, 0.1) is 0 Å². The average molecular weight is 546 g/mol. The van der Waals surface area contributed by atoms with E-state index in [9.17, 15) is 0 Å². The molecule has 7 aromatic rings. The molecule has 0 spiro atoms. The lowest BCUT2D eigenvalue weighted by Crippen LogP contribution is -2.04. The van der Waals surface area contributed by atoms with Crippen molar-refractivity contribution in [3.63, 3.8) is 0 Å². The quantitative estimate of drug-likeness (QED) is 0.161. The third kappa shape index (κ3) is 4.29. The molecule has 198 valence electrons. The van der Waals surface area contributed by atoms with E-state index in [0.29, 0.717) is 0 Å². The van der Waals surface area contributed by atoms with E-state index in [4.69, 9.17) is 0 Å². The molecule has 1 saturated carbocycles. The summed E-state index contributed by atoms with van der Waals surface area (Å²) in [6.07, 6.45) is 10.8. The van der Waals surface area contributed by atoms with Gasteiger partial charge in [-0.1, -0.05) is 116 Å². The highest BCUT2D eigenvalue weighted by atomic mass is 32.2. The minimum atomic E-state index is 0.728. The predicted octanol–water partition coefficient (Wildman–Crippen LogP) is 11.6. The van der Waals surface area contributed by atoms with Gasteiger partial charge in [0, 0.05) is 27.6 Å². The van der Waals surface area contributed by atoms with Gasteiger partial charge in [0.1, 0.15) is 0 Å². The molecule has 41 heavy (non-hydrogen) atoms. The van der Waals surface area contributed by atoms with Crippen molar-refractivity contribution < 1.29 is 0 Å². The summed E-state index contributed by atoms with van der Waals surface area (Å²) < 4.78 is 0. The van der Waals surface area contributed by atoms with Crippen molar-refractivity contribution in [2.75, 3.05) is 0 Å². The molecule has 1 aliphatic carbocycles. The van der Waals surface area contributed by atoms with Crippen LogP contribution in [0.25, 0.3) is 54.2 Å². The molecule has 0 atom stereocenters. The van der Waals surface area contributed by atoms with Gasteiger partial charge in [-0.05, 0) is 97.4 Å². The summed E-state index contributed by atoms with van der Waals surface area (Å²) in [6.45, 7) is 0. The second kappa shape index (κ2) is 10.4. The van der Waals surface area contributed by atoms with Crippen LogP contribution in [0.4, 0.5) is 0 Å². The average Bonchev–Trinajstić information content (AvgIpc) is 3.05. The van der Waals surface area contributed by atoms with Crippen LogP contribution in [0.3, 0.4) is 0 Å². The lowest BCUT2D eigenvalue weighted by Gasteiger charge is -2.22. The number of fused-ring (bicyclic) bond motifs is 5. The van der Waals surface area contributed by atoms with E-state index in [2.05, 4.69) is 120 Å². The molecule has 0 unspecified atom stereocenters. The maximum Gasteiger partial charge on any atom is 0.0353 e. The third-order valence-corrected chi connectivity index (χ3v) is 10.1. The highest BCUT2D eigenvalue weighted by Crippen LogP contribution is 2.47. The lowest BCUT2D eigenvalue weighted by molar-refractivity contribution is 0.443. The van der Waals surface area contributed by atoms with Gasteiger partial charge in [0.2, 0.25) is 0 Å². The summed E-state index contributed by atoms with van der Waals surface area (Å²) >= 11 is 1.88. The Kier molecular flexibility index (Phi) is 6.23. The highest BCUT2D eigenvalue weighted by molar-refractivity contribution is 7.99. The minimum absolute atomic E-state index is 0.728. The fraction of sp³-hybridized carbons (Fsp3) is 0.154. The van der Waals surface area contributed by atoms with E-state index in [-0.39, 0.29) is 0 Å². The maximum absolute atomic E-state index is 4.65. The first-order chi connectivity index (χ1) is 20.3. The molecule has 6 aromatic carbocycles. The van der Waals surface area contributed by atoms with Crippen molar-refractivity contribution in [3.05, 3.63) is 127 Å². The summed E-state index contributed by atoms with van der Waals surface area (Å²) in [4.78, 5) is 7.24. The molecule has 1 aromatic heterocycles. The Morgan fingerprint density at radius 3 is 2.02 bits per heavy atom.